The molecule has 0 rings (SSSR count). The zero-order valence-electron chi connectivity index (χ0n) is 27.5. The molecule has 0 aliphatic heterocycles. The fraction of sp³-hybridized carbons (Fsp3) is 0.711. The predicted octanol–water partition coefficient (Wildman–Crippen LogP) is 10.9. The molecular formula is C38H66O4. The standard InChI is InChI=1S/C38H66O4/c1-3-5-7-9-11-13-15-17-18-19-20-21-23-25-27-29-31-33-38(40)42-37(35-39)36-41-34-32-30-28-26-24-22-16-14-12-10-8-6-4-2/h5,7,11,13,17-18,20-21,25,27,37,39H,3-4,6,8-10,12,14-16,19,22-24,26,28-36H2,1-2H3/b7-5-,13-11-,18-17-,21-20-,27-25-. The van der Waals surface area contributed by atoms with Crippen LogP contribution in [0.15, 0.2) is 60.8 Å². The lowest BCUT2D eigenvalue weighted by molar-refractivity contribution is -0.154. The average molecular weight is 587 g/mol. The van der Waals surface area contributed by atoms with E-state index in [9.17, 15) is 9.90 Å². The Bertz CT molecular complexity index is 704. The maximum Gasteiger partial charge on any atom is 0.306 e. The van der Waals surface area contributed by atoms with Gasteiger partial charge in [0.05, 0.1) is 13.2 Å². The second-order valence-electron chi connectivity index (χ2n) is 11.2. The Morgan fingerprint density at radius 3 is 1.52 bits per heavy atom. The summed E-state index contributed by atoms with van der Waals surface area (Å²) in [5.74, 6) is -0.258. The van der Waals surface area contributed by atoms with Crippen LogP contribution in [0.25, 0.3) is 0 Å². The van der Waals surface area contributed by atoms with E-state index in [1.165, 1.54) is 77.0 Å². The molecule has 242 valence electrons. The topological polar surface area (TPSA) is 55.8 Å². The van der Waals surface area contributed by atoms with E-state index in [4.69, 9.17) is 9.47 Å². The summed E-state index contributed by atoms with van der Waals surface area (Å²) in [6.45, 7) is 5.16. The molecule has 1 unspecified atom stereocenters. The molecule has 0 bridgehead atoms. The Morgan fingerprint density at radius 1 is 0.595 bits per heavy atom. The van der Waals surface area contributed by atoms with E-state index >= 15 is 0 Å². The molecule has 0 amide bonds. The monoisotopic (exact) mass is 586 g/mol. The van der Waals surface area contributed by atoms with E-state index < -0.39 is 6.10 Å². The van der Waals surface area contributed by atoms with Gasteiger partial charge in [-0.15, -0.1) is 0 Å². The summed E-state index contributed by atoms with van der Waals surface area (Å²) < 4.78 is 11.0. The highest BCUT2D eigenvalue weighted by Crippen LogP contribution is 2.12. The van der Waals surface area contributed by atoms with Crippen LogP contribution in [0.5, 0.6) is 0 Å². The molecule has 0 saturated carbocycles. The highest BCUT2D eigenvalue weighted by molar-refractivity contribution is 5.69. The van der Waals surface area contributed by atoms with Gasteiger partial charge >= 0.3 is 5.97 Å². The number of rotatable bonds is 31. The molecule has 0 spiro atoms. The molecular weight excluding hydrogens is 520 g/mol. The lowest BCUT2D eigenvalue weighted by Crippen LogP contribution is -2.27. The predicted molar refractivity (Wildman–Crippen MR) is 182 cm³/mol. The van der Waals surface area contributed by atoms with Crippen LogP contribution in [0.4, 0.5) is 0 Å². The van der Waals surface area contributed by atoms with E-state index in [0.29, 0.717) is 13.0 Å². The molecule has 0 saturated heterocycles. The summed E-state index contributed by atoms with van der Waals surface area (Å²) >= 11 is 0. The number of ether oxygens (including phenoxy) is 2. The molecule has 0 aliphatic carbocycles. The fourth-order valence-corrected chi connectivity index (χ4v) is 4.54. The number of carbonyl (C=O) groups excluding carboxylic acids is 1. The van der Waals surface area contributed by atoms with E-state index in [2.05, 4.69) is 74.6 Å². The lowest BCUT2D eigenvalue weighted by Gasteiger charge is -2.15. The summed E-state index contributed by atoms with van der Waals surface area (Å²) in [7, 11) is 0. The van der Waals surface area contributed by atoms with Gasteiger partial charge in [0, 0.05) is 13.0 Å². The van der Waals surface area contributed by atoms with Gasteiger partial charge in [0.1, 0.15) is 6.10 Å². The van der Waals surface area contributed by atoms with Gasteiger partial charge in [0.15, 0.2) is 0 Å². The third-order valence-electron chi connectivity index (χ3n) is 7.11. The maximum atomic E-state index is 12.1. The first-order valence-corrected chi connectivity index (χ1v) is 17.4. The van der Waals surface area contributed by atoms with Crippen LogP contribution in [-0.4, -0.2) is 37.0 Å². The number of esters is 1. The van der Waals surface area contributed by atoms with E-state index in [1.54, 1.807) is 0 Å². The largest absolute Gasteiger partial charge is 0.457 e. The van der Waals surface area contributed by atoms with Crippen molar-refractivity contribution in [1.29, 1.82) is 0 Å². The molecule has 0 heterocycles. The minimum atomic E-state index is -0.562. The Labute approximate surface area is 260 Å². The first-order valence-electron chi connectivity index (χ1n) is 17.4. The van der Waals surface area contributed by atoms with Gasteiger partial charge in [-0.25, -0.2) is 0 Å². The molecule has 4 heteroatoms. The number of allylic oxidation sites excluding steroid dienone is 10. The van der Waals surface area contributed by atoms with Gasteiger partial charge in [0.2, 0.25) is 0 Å². The van der Waals surface area contributed by atoms with Crippen molar-refractivity contribution < 1.29 is 19.4 Å². The van der Waals surface area contributed by atoms with Crippen LogP contribution in [-0.2, 0) is 14.3 Å². The smallest absolute Gasteiger partial charge is 0.306 e. The summed E-state index contributed by atoms with van der Waals surface area (Å²) in [5.41, 5.74) is 0. The van der Waals surface area contributed by atoms with Crippen molar-refractivity contribution in [3.05, 3.63) is 60.8 Å². The van der Waals surface area contributed by atoms with Crippen molar-refractivity contribution in [2.24, 2.45) is 0 Å². The number of hydrogen-bond acceptors (Lipinski definition) is 4. The van der Waals surface area contributed by atoms with Gasteiger partial charge in [-0.2, -0.15) is 0 Å². The van der Waals surface area contributed by atoms with Gasteiger partial charge in [-0.1, -0.05) is 152 Å². The van der Waals surface area contributed by atoms with Crippen LogP contribution in [0.2, 0.25) is 0 Å². The molecule has 0 radical (unpaired) electrons. The third kappa shape index (κ3) is 32.6. The molecule has 1 atom stereocenters. The van der Waals surface area contributed by atoms with Crippen molar-refractivity contribution >= 4 is 5.97 Å². The Balaban J connectivity index is 3.59. The fourth-order valence-electron chi connectivity index (χ4n) is 4.54. The second-order valence-corrected chi connectivity index (χ2v) is 11.2. The number of aliphatic hydroxyl groups is 1. The van der Waals surface area contributed by atoms with Gasteiger partial charge < -0.3 is 14.6 Å². The van der Waals surface area contributed by atoms with E-state index in [-0.39, 0.29) is 19.2 Å². The molecule has 42 heavy (non-hydrogen) atoms. The van der Waals surface area contributed by atoms with Crippen molar-refractivity contribution in [3.8, 4) is 0 Å². The average Bonchev–Trinajstić information content (AvgIpc) is 3.00. The quantitative estimate of drug-likeness (QED) is 0.0499. The van der Waals surface area contributed by atoms with Crippen LogP contribution >= 0.6 is 0 Å². The molecule has 0 aromatic carbocycles. The van der Waals surface area contributed by atoms with Gasteiger partial charge in [-0.3, -0.25) is 4.79 Å². The number of hydrogen-bond donors (Lipinski definition) is 1. The highest BCUT2D eigenvalue weighted by Gasteiger charge is 2.13. The normalized spacial score (nSPS) is 13.1. The summed E-state index contributed by atoms with van der Waals surface area (Å²) in [4.78, 5) is 12.1. The molecule has 0 aromatic rings. The highest BCUT2D eigenvalue weighted by atomic mass is 16.6. The number of carbonyl (C=O) groups is 1. The maximum absolute atomic E-state index is 12.1. The first-order chi connectivity index (χ1) is 20.7. The first kappa shape index (κ1) is 40.1. The summed E-state index contributed by atoms with van der Waals surface area (Å²) in [6.07, 6.45) is 45.4. The number of unbranched alkanes of at least 4 members (excludes halogenated alkanes) is 13. The van der Waals surface area contributed by atoms with E-state index in [1.807, 2.05) is 0 Å². The number of aliphatic hydroxyl groups excluding tert-OH is 1. The van der Waals surface area contributed by atoms with Crippen molar-refractivity contribution in [2.75, 3.05) is 19.8 Å². The van der Waals surface area contributed by atoms with Crippen LogP contribution in [0, 0.1) is 0 Å². The van der Waals surface area contributed by atoms with Crippen LogP contribution in [0.3, 0.4) is 0 Å². The molecule has 1 N–H and O–H groups in total. The van der Waals surface area contributed by atoms with Gasteiger partial charge in [0.25, 0.3) is 0 Å². The van der Waals surface area contributed by atoms with Crippen molar-refractivity contribution in [2.45, 2.75) is 155 Å². The Hall–Kier alpha value is -1.91. The molecule has 0 aliphatic rings. The van der Waals surface area contributed by atoms with Crippen LogP contribution in [0.1, 0.15) is 149 Å². The molecule has 0 aromatic heterocycles. The lowest BCUT2D eigenvalue weighted by atomic mass is 10.0. The molecule has 4 nitrogen and oxygen atoms in total. The third-order valence-corrected chi connectivity index (χ3v) is 7.11. The van der Waals surface area contributed by atoms with E-state index in [0.717, 1.165) is 51.4 Å². The Morgan fingerprint density at radius 2 is 1.05 bits per heavy atom. The zero-order valence-corrected chi connectivity index (χ0v) is 27.5. The van der Waals surface area contributed by atoms with Crippen LogP contribution < -0.4 is 0 Å². The van der Waals surface area contributed by atoms with Crippen molar-refractivity contribution in [1.82, 2.24) is 0 Å². The minimum absolute atomic E-state index is 0.195. The summed E-state index contributed by atoms with van der Waals surface area (Å²) in [6, 6.07) is 0. The molecule has 0 fully saturated rings. The second kappa shape index (κ2) is 35.3. The van der Waals surface area contributed by atoms with Gasteiger partial charge in [-0.05, 0) is 51.4 Å². The SMILES string of the molecule is CC/C=C\C/C=C\C/C=C\C/C=C\C/C=C\CCCC(=O)OC(CO)COCCCCCCCCCCCCCCC. The minimum Gasteiger partial charge on any atom is -0.457 e. The van der Waals surface area contributed by atoms with Crippen molar-refractivity contribution in [3.63, 3.8) is 0 Å². The zero-order chi connectivity index (χ0) is 30.6. The summed E-state index contributed by atoms with van der Waals surface area (Å²) in [5, 5.41) is 9.53. The Kier molecular flexibility index (Phi) is 33.7.